The Kier molecular flexibility index (Phi) is 4.99. The summed E-state index contributed by atoms with van der Waals surface area (Å²) >= 11 is 1.48. The minimum Gasteiger partial charge on any atom is -0.352 e. The fourth-order valence-corrected chi connectivity index (χ4v) is 3.92. The van der Waals surface area contributed by atoms with E-state index in [4.69, 9.17) is 0 Å². The molecule has 0 saturated heterocycles. The Morgan fingerprint density at radius 2 is 2.17 bits per heavy atom. The highest BCUT2D eigenvalue weighted by molar-refractivity contribution is 7.99. The second-order valence-corrected chi connectivity index (χ2v) is 6.80. The molecule has 2 aromatic heterocycles. The standard InChI is InChI=1S/C17H20N4O2S/c1-3-14-11(2)20-17-21(16(14)23)9-13(10-24-17)15(22)19-8-12-4-6-18-7-5-12/h4-7,13H,3,8-10H2,1-2H3,(H,19,22)/t13-/m0/s1. The predicted molar refractivity (Wildman–Crippen MR) is 92.9 cm³/mol. The molecule has 1 N–H and O–H groups in total. The second kappa shape index (κ2) is 7.17. The van der Waals surface area contributed by atoms with Crippen LogP contribution in [0.3, 0.4) is 0 Å². The summed E-state index contributed by atoms with van der Waals surface area (Å²) in [6.45, 7) is 4.68. The third-order valence-electron chi connectivity index (χ3n) is 4.19. The Morgan fingerprint density at radius 1 is 1.42 bits per heavy atom. The second-order valence-electron chi connectivity index (χ2n) is 5.81. The lowest BCUT2D eigenvalue weighted by molar-refractivity contribution is -0.125. The van der Waals surface area contributed by atoms with Gasteiger partial charge in [0.1, 0.15) is 0 Å². The molecule has 1 amide bonds. The lowest BCUT2D eigenvalue weighted by Gasteiger charge is -2.25. The van der Waals surface area contributed by atoms with E-state index in [-0.39, 0.29) is 17.4 Å². The van der Waals surface area contributed by atoms with Crippen LogP contribution in [0.4, 0.5) is 0 Å². The van der Waals surface area contributed by atoms with E-state index in [0.29, 0.717) is 30.4 Å². The molecule has 0 aliphatic carbocycles. The van der Waals surface area contributed by atoms with Gasteiger partial charge in [-0.3, -0.25) is 19.1 Å². The van der Waals surface area contributed by atoms with Gasteiger partial charge in [0.05, 0.1) is 5.92 Å². The molecule has 0 fully saturated rings. The van der Waals surface area contributed by atoms with E-state index < -0.39 is 0 Å². The van der Waals surface area contributed by atoms with Crippen molar-refractivity contribution in [3.8, 4) is 0 Å². The molecule has 0 spiro atoms. The Hall–Kier alpha value is -2.15. The quantitative estimate of drug-likeness (QED) is 0.852. The number of pyridine rings is 1. The maximum Gasteiger partial charge on any atom is 0.257 e. The van der Waals surface area contributed by atoms with Crippen molar-refractivity contribution in [2.24, 2.45) is 5.92 Å². The number of fused-ring (bicyclic) bond motifs is 1. The molecular formula is C17H20N4O2S. The van der Waals surface area contributed by atoms with Gasteiger partial charge in [-0.15, -0.1) is 0 Å². The van der Waals surface area contributed by atoms with Gasteiger partial charge >= 0.3 is 0 Å². The van der Waals surface area contributed by atoms with Crippen LogP contribution in [0.25, 0.3) is 0 Å². The van der Waals surface area contributed by atoms with Crippen molar-refractivity contribution < 1.29 is 4.79 Å². The zero-order valence-electron chi connectivity index (χ0n) is 13.8. The summed E-state index contributed by atoms with van der Waals surface area (Å²) in [4.78, 5) is 33.5. The van der Waals surface area contributed by atoms with Crippen LogP contribution in [-0.2, 0) is 24.3 Å². The molecule has 0 aromatic carbocycles. The van der Waals surface area contributed by atoms with Crippen LogP contribution in [0, 0.1) is 12.8 Å². The van der Waals surface area contributed by atoms with Crippen LogP contribution in [0.5, 0.6) is 0 Å². The largest absolute Gasteiger partial charge is 0.352 e. The van der Waals surface area contributed by atoms with Crippen molar-refractivity contribution in [3.05, 3.63) is 51.7 Å². The first-order valence-corrected chi connectivity index (χ1v) is 8.98. The number of amides is 1. The maximum atomic E-state index is 12.6. The Morgan fingerprint density at radius 3 is 2.88 bits per heavy atom. The van der Waals surface area contributed by atoms with Gasteiger partial charge in [0.15, 0.2) is 5.16 Å². The predicted octanol–water partition coefficient (Wildman–Crippen LogP) is 1.55. The number of hydrogen-bond acceptors (Lipinski definition) is 5. The van der Waals surface area contributed by atoms with Crippen molar-refractivity contribution in [1.29, 1.82) is 0 Å². The van der Waals surface area contributed by atoms with Crippen molar-refractivity contribution in [1.82, 2.24) is 19.9 Å². The number of carbonyl (C=O) groups excluding carboxylic acids is 1. The lowest BCUT2D eigenvalue weighted by Crippen LogP contribution is -2.40. The zero-order chi connectivity index (χ0) is 17.1. The SMILES string of the molecule is CCc1c(C)nc2n(c1=O)C[C@H](C(=O)NCc1ccncc1)CS2. The van der Waals surface area contributed by atoms with E-state index in [1.165, 1.54) is 11.8 Å². The summed E-state index contributed by atoms with van der Waals surface area (Å²) in [7, 11) is 0. The highest BCUT2D eigenvalue weighted by Gasteiger charge is 2.27. The number of aromatic nitrogens is 3. The van der Waals surface area contributed by atoms with E-state index in [9.17, 15) is 9.59 Å². The van der Waals surface area contributed by atoms with Gasteiger partial charge < -0.3 is 5.32 Å². The fraction of sp³-hybridized carbons (Fsp3) is 0.412. The number of hydrogen-bond donors (Lipinski definition) is 1. The highest BCUT2D eigenvalue weighted by atomic mass is 32.2. The molecule has 0 bridgehead atoms. The van der Waals surface area contributed by atoms with Crippen LogP contribution in [0.15, 0.2) is 34.5 Å². The van der Waals surface area contributed by atoms with Gasteiger partial charge in [-0.1, -0.05) is 18.7 Å². The Labute approximate surface area is 144 Å². The first kappa shape index (κ1) is 16.7. The van der Waals surface area contributed by atoms with Crippen molar-refractivity contribution >= 4 is 17.7 Å². The number of nitrogens with one attached hydrogen (secondary N) is 1. The van der Waals surface area contributed by atoms with Gasteiger partial charge in [-0.25, -0.2) is 4.98 Å². The summed E-state index contributed by atoms with van der Waals surface area (Å²) in [6.07, 6.45) is 4.06. The molecule has 2 aromatic rings. The number of nitrogens with zero attached hydrogens (tertiary/aromatic N) is 3. The van der Waals surface area contributed by atoms with Crippen molar-refractivity contribution in [2.45, 2.75) is 38.5 Å². The Balaban J connectivity index is 1.72. The lowest BCUT2D eigenvalue weighted by atomic mass is 10.1. The monoisotopic (exact) mass is 344 g/mol. The summed E-state index contributed by atoms with van der Waals surface area (Å²) in [5.41, 5.74) is 2.52. The van der Waals surface area contributed by atoms with Gasteiger partial charge in [-0.2, -0.15) is 0 Å². The molecule has 3 heterocycles. The molecule has 3 rings (SSSR count). The molecule has 0 unspecified atom stereocenters. The third kappa shape index (κ3) is 3.36. The molecule has 24 heavy (non-hydrogen) atoms. The van der Waals surface area contributed by atoms with Crippen molar-refractivity contribution in [2.75, 3.05) is 5.75 Å². The molecule has 1 aliphatic rings. The molecular weight excluding hydrogens is 324 g/mol. The van der Waals surface area contributed by atoms with E-state index >= 15 is 0 Å². The minimum atomic E-state index is -0.226. The van der Waals surface area contributed by atoms with E-state index in [1.54, 1.807) is 17.0 Å². The number of thioether (sulfide) groups is 1. The molecule has 1 atom stereocenters. The first-order chi connectivity index (χ1) is 11.6. The average Bonchev–Trinajstić information content (AvgIpc) is 2.60. The molecule has 7 heteroatoms. The van der Waals surface area contributed by atoms with E-state index in [2.05, 4.69) is 15.3 Å². The molecule has 6 nitrogen and oxygen atoms in total. The minimum absolute atomic E-state index is 0.0147. The topological polar surface area (TPSA) is 76.9 Å². The fourth-order valence-electron chi connectivity index (χ4n) is 2.80. The molecule has 0 saturated carbocycles. The number of aryl methyl sites for hydroxylation is 1. The first-order valence-electron chi connectivity index (χ1n) is 8.00. The summed E-state index contributed by atoms with van der Waals surface area (Å²) in [5.74, 6) is 0.381. The number of carbonyl (C=O) groups is 1. The Bertz CT molecular complexity index is 804. The van der Waals surface area contributed by atoms with Crippen LogP contribution in [0.2, 0.25) is 0 Å². The van der Waals surface area contributed by atoms with Crippen LogP contribution >= 0.6 is 11.8 Å². The summed E-state index contributed by atoms with van der Waals surface area (Å²) < 4.78 is 1.65. The normalized spacial score (nSPS) is 16.5. The van der Waals surface area contributed by atoms with E-state index in [0.717, 1.165) is 16.8 Å². The highest BCUT2D eigenvalue weighted by Crippen LogP contribution is 2.26. The maximum absolute atomic E-state index is 12.6. The van der Waals surface area contributed by atoms with Crippen molar-refractivity contribution in [3.63, 3.8) is 0 Å². The third-order valence-corrected chi connectivity index (χ3v) is 5.33. The van der Waals surface area contributed by atoms with Gasteiger partial charge in [0, 0.05) is 42.5 Å². The van der Waals surface area contributed by atoms with Crippen LogP contribution in [0.1, 0.15) is 23.7 Å². The molecule has 1 aliphatic heterocycles. The van der Waals surface area contributed by atoms with Gasteiger partial charge in [0.2, 0.25) is 5.91 Å². The summed E-state index contributed by atoms with van der Waals surface area (Å²) in [5, 5.41) is 3.66. The van der Waals surface area contributed by atoms with Gasteiger partial charge in [0.25, 0.3) is 5.56 Å². The molecule has 0 radical (unpaired) electrons. The molecule has 126 valence electrons. The summed E-state index contributed by atoms with van der Waals surface area (Å²) in [6, 6.07) is 3.74. The van der Waals surface area contributed by atoms with Crippen LogP contribution in [-0.4, -0.2) is 26.2 Å². The van der Waals surface area contributed by atoms with Crippen LogP contribution < -0.4 is 10.9 Å². The van der Waals surface area contributed by atoms with E-state index in [1.807, 2.05) is 26.0 Å². The van der Waals surface area contributed by atoms with Gasteiger partial charge in [-0.05, 0) is 31.0 Å². The average molecular weight is 344 g/mol. The smallest absolute Gasteiger partial charge is 0.257 e. The number of rotatable bonds is 4. The zero-order valence-corrected chi connectivity index (χ0v) is 14.6.